The average Bonchev–Trinajstić information content (AvgIpc) is 3.91. The molecule has 2 aliphatic carbocycles. The maximum atomic E-state index is 13.3. The lowest BCUT2D eigenvalue weighted by Gasteiger charge is -2.36. The molecule has 1 spiro atoms. The summed E-state index contributed by atoms with van der Waals surface area (Å²) >= 11 is 0. The molecule has 7 rings (SSSR count). The monoisotopic (exact) mass is 578 g/mol. The Morgan fingerprint density at radius 2 is 1.93 bits per heavy atom. The van der Waals surface area contributed by atoms with Crippen molar-refractivity contribution in [2.75, 3.05) is 11.9 Å². The quantitative estimate of drug-likeness (QED) is 0.347. The summed E-state index contributed by atoms with van der Waals surface area (Å²) in [6, 6.07) is 14.2. The van der Waals surface area contributed by atoms with Crippen molar-refractivity contribution in [2.24, 2.45) is 0 Å². The van der Waals surface area contributed by atoms with Crippen LogP contribution in [0.15, 0.2) is 47.4 Å². The number of hydrogen-bond donors (Lipinski definition) is 1. The highest BCUT2D eigenvalue weighted by Gasteiger charge is 2.50. The number of anilines is 2. The summed E-state index contributed by atoms with van der Waals surface area (Å²) in [4.78, 5) is 42.1. The topological polar surface area (TPSA) is 131 Å². The van der Waals surface area contributed by atoms with Gasteiger partial charge >= 0.3 is 6.09 Å². The Morgan fingerprint density at radius 1 is 1.14 bits per heavy atom. The van der Waals surface area contributed by atoms with E-state index >= 15 is 0 Å². The van der Waals surface area contributed by atoms with E-state index in [0.29, 0.717) is 48.1 Å². The van der Waals surface area contributed by atoms with Gasteiger partial charge in [-0.2, -0.15) is 10.2 Å². The molecule has 1 amide bonds. The fourth-order valence-corrected chi connectivity index (χ4v) is 6.16. The van der Waals surface area contributed by atoms with E-state index in [1.165, 1.54) is 5.56 Å². The van der Waals surface area contributed by atoms with Gasteiger partial charge in [-0.3, -0.25) is 4.79 Å². The fraction of sp³-hybridized carbons (Fsp3) is 0.438. The second-order valence-electron chi connectivity index (χ2n) is 13.0. The molecule has 1 N–H and O–H groups in total. The first-order valence-electron chi connectivity index (χ1n) is 14.8. The van der Waals surface area contributed by atoms with Crippen molar-refractivity contribution in [2.45, 2.75) is 82.9 Å². The molecule has 2 fully saturated rings. The number of pyridine rings is 1. The molecule has 4 heterocycles. The summed E-state index contributed by atoms with van der Waals surface area (Å²) in [7, 11) is 0. The standard InChI is InChI=1S/C32H34N8O3/c1-5-39-27(41)22-16-34-28(37-26(22)40(39)25-8-6-7-24(36-25)31(18-33)11-12-31)35-21-9-10-23-20(15-21)17-38(19-32(23)13-14-32)29(42)43-30(2,3)4/h6-10,15-16H,5,11-14,17,19H2,1-4H3,(H,34,35,37). The summed E-state index contributed by atoms with van der Waals surface area (Å²) in [5, 5.41) is 13.4. The number of amides is 1. The van der Waals surface area contributed by atoms with Crippen molar-refractivity contribution in [1.82, 2.24) is 29.2 Å². The lowest BCUT2D eigenvalue weighted by Crippen LogP contribution is -2.44. The van der Waals surface area contributed by atoms with Crippen molar-refractivity contribution in [3.8, 4) is 11.9 Å². The smallest absolute Gasteiger partial charge is 0.410 e. The molecule has 4 aromatic rings. The van der Waals surface area contributed by atoms with Crippen LogP contribution in [0.1, 0.15) is 70.2 Å². The molecule has 3 aliphatic rings. The fourth-order valence-electron chi connectivity index (χ4n) is 6.16. The third-order valence-corrected chi connectivity index (χ3v) is 8.67. The van der Waals surface area contributed by atoms with Crippen LogP contribution in [0.3, 0.4) is 0 Å². The van der Waals surface area contributed by atoms with Gasteiger partial charge in [0.25, 0.3) is 5.56 Å². The highest BCUT2D eigenvalue weighted by molar-refractivity contribution is 5.77. The molecule has 0 bridgehead atoms. The van der Waals surface area contributed by atoms with Crippen molar-refractivity contribution >= 4 is 28.8 Å². The van der Waals surface area contributed by atoms with E-state index in [1.54, 1.807) is 20.5 Å². The maximum Gasteiger partial charge on any atom is 0.410 e. The Balaban J connectivity index is 1.23. The van der Waals surface area contributed by atoms with Gasteiger partial charge in [-0.25, -0.2) is 24.1 Å². The van der Waals surface area contributed by atoms with Crippen LogP contribution in [-0.4, -0.2) is 47.5 Å². The molecule has 1 aliphatic heterocycles. The van der Waals surface area contributed by atoms with Crippen molar-refractivity contribution in [3.05, 3.63) is 69.8 Å². The molecule has 11 nitrogen and oxygen atoms in total. The van der Waals surface area contributed by atoms with Crippen molar-refractivity contribution < 1.29 is 9.53 Å². The zero-order valence-corrected chi connectivity index (χ0v) is 24.8. The van der Waals surface area contributed by atoms with Gasteiger partial charge in [0.2, 0.25) is 5.95 Å². The molecular weight excluding hydrogens is 544 g/mol. The molecular formula is C32H34N8O3. The van der Waals surface area contributed by atoms with Crippen LogP contribution in [0.25, 0.3) is 16.9 Å². The minimum absolute atomic E-state index is 0.0102. The van der Waals surface area contributed by atoms with E-state index in [9.17, 15) is 14.9 Å². The second kappa shape index (κ2) is 9.39. The van der Waals surface area contributed by atoms with Crippen LogP contribution in [0.5, 0.6) is 0 Å². The summed E-state index contributed by atoms with van der Waals surface area (Å²) in [6.07, 6.45) is 4.89. The molecule has 0 unspecified atom stereocenters. The Hall–Kier alpha value is -4.72. The molecule has 0 atom stereocenters. The predicted molar refractivity (Wildman–Crippen MR) is 160 cm³/mol. The van der Waals surface area contributed by atoms with Crippen molar-refractivity contribution in [1.29, 1.82) is 5.26 Å². The molecule has 0 radical (unpaired) electrons. The molecule has 2 saturated carbocycles. The normalized spacial score (nSPS) is 17.8. The van der Waals surface area contributed by atoms with Crippen LogP contribution >= 0.6 is 0 Å². The Bertz CT molecular complexity index is 1890. The number of carbonyl (C=O) groups excluding carboxylic acids is 1. The number of rotatable bonds is 5. The average molecular weight is 579 g/mol. The number of hydrogen-bond acceptors (Lipinski definition) is 8. The molecule has 3 aromatic heterocycles. The van der Waals surface area contributed by atoms with E-state index in [4.69, 9.17) is 14.7 Å². The Labute approximate surface area is 249 Å². The van der Waals surface area contributed by atoms with Gasteiger partial charge < -0.3 is 15.0 Å². The molecule has 0 saturated heterocycles. The first-order chi connectivity index (χ1) is 20.5. The number of fused-ring (bicyclic) bond motifs is 3. The minimum Gasteiger partial charge on any atom is -0.444 e. The highest BCUT2D eigenvalue weighted by atomic mass is 16.6. The number of carbonyl (C=O) groups is 1. The molecule has 1 aromatic carbocycles. The Morgan fingerprint density at radius 3 is 2.60 bits per heavy atom. The number of benzene rings is 1. The van der Waals surface area contributed by atoms with Crippen molar-refractivity contribution in [3.63, 3.8) is 0 Å². The zero-order valence-electron chi connectivity index (χ0n) is 24.8. The van der Waals surface area contributed by atoms with Crippen LogP contribution in [0.2, 0.25) is 0 Å². The third kappa shape index (κ3) is 4.61. The van der Waals surface area contributed by atoms with Gasteiger partial charge in [0.15, 0.2) is 11.5 Å². The number of ether oxygens (including phenoxy) is 1. The second-order valence-corrected chi connectivity index (χ2v) is 13.0. The van der Waals surface area contributed by atoms with E-state index in [-0.39, 0.29) is 17.1 Å². The maximum absolute atomic E-state index is 13.3. The molecule has 11 heteroatoms. The largest absolute Gasteiger partial charge is 0.444 e. The summed E-state index contributed by atoms with van der Waals surface area (Å²) in [5.41, 5.74) is 2.95. The number of aromatic nitrogens is 5. The van der Waals surface area contributed by atoms with Gasteiger partial charge in [0.05, 0.1) is 17.2 Å². The van der Waals surface area contributed by atoms with Crippen LogP contribution in [-0.2, 0) is 28.7 Å². The SMILES string of the molecule is CCn1c(=O)c2cnc(Nc3ccc4c(c3)CN(C(=O)OC(C)(C)C)CC43CC3)nc2n1-c1cccc(C2(C#N)CC2)n1. The summed E-state index contributed by atoms with van der Waals surface area (Å²) < 4.78 is 8.98. The van der Waals surface area contributed by atoms with Crippen LogP contribution in [0, 0.1) is 11.3 Å². The van der Waals surface area contributed by atoms with Crippen LogP contribution < -0.4 is 10.9 Å². The molecule has 43 heavy (non-hydrogen) atoms. The van der Waals surface area contributed by atoms with Crippen LogP contribution in [0.4, 0.5) is 16.4 Å². The Kier molecular flexibility index (Phi) is 5.93. The van der Waals surface area contributed by atoms with E-state index in [2.05, 4.69) is 22.4 Å². The van der Waals surface area contributed by atoms with Gasteiger partial charge in [0.1, 0.15) is 11.0 Å². The number of nitrogens with one attached hydrogen (secondary N) is 1. The predicted octanol–water partition coefficient (Wildman–Crippen LogP) is 5.08. The third-order valence-electron chi connectivity index (χ3n) is 8.67. The lowest BCUT2D eigenvalue weighted by atomic mass is 9.87. The first-order valence-corrected chi connectivity index (χ1v) is 14.8. The first kappa shape index (κ1) is 27.1. The van der Waals surface area contributed by atoms with E-state index in [0.717, 1.165) is 36.9 Å². The van der Waals surface area contributed by atoms with Gasteiger partial charge in [0, 0.05) is 36.9 Å². The van der Waals surface area contributed by atoms with Gasteiger partial charge in [-0.05, 0) is 88.8 Å². The summed E-state index contributed by atoms with van der Waals surface area (Å²) in [5.74, 6) is 0.866. The summed E-state index contributed by atoms with van der Waals surface area (Å²) in [6.45, 7) is 9.08. The van der Waals surface area contributed by atoms with E-state index in [1.807, 2.05) is 58.0 Å². The number of nitriles is 1. The minimum atomic E-state index is -0.559. The van der Waals surface area contributed by atoms with Gasteiger partial charge in [-0.1, -0.05) is 12.1 Å². The zero-order chi connectivity index (χ0) is 30.1. The molecule has 220 valence electrons. The highest BCUT2D eigenvalue weighted by Crippen LogP contribution is 2.53. The van der Waals surface area contributed by atoms with E-state index < -0.39 is 11.0 Å². The lowest BCUT2D eigenvalue weighted by molar-refractivity contribution is 0.0197. The number of nitrogens with zero attached hydrogens (tertiary/aromatic N) is 7. The van der Waals surface area contributed by atoms with Gasteiger partial charge in [-0.15, -0.1) is 0 Å².